The molecule has 0 aliphatic rings. The number of carbonyl (C=O) groups is 6. The molecule has 0 spiro atoms. The highest BCUT2D eigenvalue weighted by atomic mass is 127. The van der Waals surface area contributed by atoms with Crippen molar-refractivity contribution >= 4 is 57.9 Å². The van der Waals surface area contributed by atoms with E-state index >= 15 is 0 Å². The molecule has 0 saturated carbocycles. The first-order chi connectivity index (χ1) is 15.4. The fourth-order valence-corrected chi connectivity index (χ4v) is 3.27. The van der Waals surface area contributed by atoms with Crippen LogP contribution < -0.4 is 27.4 Å². The minimum Gasteiger partial charge on any atom is -0.370 e. The molecule has 11 nitrogen and oxygen atoms in total. The largest absolute Gasteiger partial charge is 0.370 e. The minimum atomic E-state index is -1.31. The first-order valence-corrected chi connectivity index (χ1v) is 11.2. The molecule has 0 heterocycles. The van der Waals surface area contributed by atoms with Crippen LogP contribution >= 0.6 is 22.6 Å². The third-order valence-corrected chi connectivity index (χ3v) is 5.29. The van der Waals surface area contributed by atoms with Crippen LogP contribution in [0.1, 0.15) is 38.7 Å². The first-order valence-electron chi connectivity index (χ1n) is 10.1. The molecular weight excluding hydrogens is 545 g/mol. The van der Waals surface area contributed by atoms with Gasteiger partial charge in [0.05, 0.1) is 12.5 Å². The second-order valence-electron chi connectivity index (χ2n) is 7.49. The molecule has 0 saturated heterocycles. The Kier molecular flexibility index (Phi) is 11.5. The summed E-state index contributed by atoms with van der Waals surface area (Å²) in [5.74, 6) is -3.96. The van der Waals surface area contributed by atoms with Gasteiger partial charge >= 0.3 is 0 Å². The summed E-state index contributed by atoms with van der Waals surface area (Å²) >= 11 is 2.15. The van der Waals surface area contributed by atoms with Crippen LogP contribution in [0.25, 0.3) is 0 Å². The number of Topliss-reactive ketones (excluding diaryl/α,β-unsaturated/α-hetero) is 1. The maximum atomic E-state index is 12.9. The number of carbonyl (C=O) groups excluding carboxylic acids is 6. The van der Waals surface area contributed by atoms with E-state index in [-0.39, 0.29) is 25.0 Å². The molecule has 5 amide bonds. The molecule has 0 bridgehead atoms. The van der Waals surface area contributed by atoms with E-state index in [1.165, 1.54) is 6.92 Å². The van der Waals surface area contributed by atoms with Crippen LogP contribution in [0, 0.1) is 3.57 Å². The van der Waals surface area contributed by atoms with E-state index in [1.807, 2.05) is 24.3 Å². The normalized spacial score (nSPS) is 13.2. The summed E-state index contributed by atoms with van der Waals surface area (Å²) in [5, 5.41) is 7.28. The van der Waals surface area contributed by atoms with E-state index in [9.17, 15) is 28.8 Å². The summed E-state index contributed by atoms with van der Waals surface area (Å²) < 4.78 is 1.01. The van der Waals surface area contributed by atoms with Gasteiger partial charge in [0.2, 0.25) is 29.5 Å². The zero-order valence-corrected chi connectivity index (χ0v) is 20.5. The molecule has 3 atom stereocenters. The molecule has 1 rings (SSSR count). The average molecular weight is 573 g/mol. The van der Waals surface area contributed by atoms with Crippen molar-refractivity contribution in [3.8, 4) is 0 Å². The maximum Gasteiger partial charge on any atom is 0.243 e. The number of ketones is 1. The molecule has 0 aliphatic heterocycles. The number of nitrogens with two attached hydrogens (primary N) is 2. The van der Waals surface area contributed by atoms with Crippen LogP contribution in [0.4, 0.5) is 0 Å². The Morgan fingerprint density at radius 3 is 1.85 bits per heavy atom. The van der Waals surface area contributed by atoms with Crippen LogP contribution in [0.3, 0.4) is 0 Å². The molecule has 33 heavy (non-hydrogen) atoms. The lowest BCUT2D eigenvalue weighted by molar-refractivity contribution is -0.134. The van der Waals surface area contributed by atoms with Crippen molar-refractivity contribution in [3.63, 3.8) is 0 Å². The summed E-state index contributed by atoms with van der Waals surface area (Å²) in [6.45, 7) is 2.48. The van der Waals surface area contributed by atoms with E-state index in [0.29, 0.717) is 0 Å². The molecule has 7 N–H and O–H groups in total. The van der Waals surface area contributed by atoms with Gasteiger partial charge in [-0.1, -0.05) is 12.1 Å². The van der Waals surface area contributed by atoms with E-state index in [0.717, 1.165) is 16.1 Å². The van der Waals surface area contributed by atoms with Gasteiger partial charge in [-0.2, -0.15) is 0 Å². The van der Waals surface area contributed by atoms with Gasteiger partial charge in [-0.25, -0.2) is 0 Å². The SMILES string of the molecule is CC(=O)NC(CC(N)=O)C(=O)NC(CCC(N)=O)C(=O)NC(Cc1ccc(I)cc1)C(C)=O. The molecule has 3 unspecified atom stereocenters. The second kappa shape index (κ2) is 13.5. The summed E-state index contributed by atoms with van der Waals surface area (Å²) in [4.78, 5) is 71.5. The highest BCUT2D eigenvalue weighted by Gasteiger charge is 2.29. The van der Waals surface area contributed by atoms with E-state index in [2.05, 4.69) is 38.5 Å². The third kappa shape index (κ3) is 10.9. The average Bonchev–Trinajstić information content (AvgIpc) is 2.70. The van der Waals surface area contributed by atoms with Crippen molar-refractivity contribution in [1.82, 2.24) is 16.0 Å². The Hall–Kier alpha value is -3.03. The van der Waals surface area contributed by atoms with E-state index in [1.54, 1.807) is 0 Å². The minimum absolute atomic E-state index is 0.148. The lowest BCUT2D eigenvalue weighted by atomic mass is 10.0. The van der Waals surface area contributed by atoms with Crippen LogP contribution in [-0.4, -0.2) is 53.4 Å². The monoisotopic (exact) mass is 573 g/mol. The quantitative estimate of drug-likeness (QED) is 0.189. The zero-order valence-electron chi connectivity index (χ0n) is 18.4. The Morgan fingerprint density at radius 1 is 0.818 bits per heavy atom. The predicted molar refractivity (Wildman–Crippen MR) is 127 cm³/mol. The first kappa shape index (κ1) is 28.0. The highest BCUT2D eigenvalue weighted by Crippen LogP contribution is 2.10. The fraction of sp³-hybridized carbons (Fsp3) is 0.429. The highest BCUT2D eigenvalue weighted by molar-refractivity contribution is 14.1. The van der Waals surface area contributed by atoms with E-state index in [4.69, 9.17) is 11.5 Å². The number of halogens is 1. The molecule has 12 heteroatoms. The van der Waals surface area contributed by atoms with Crippen molar-refractivity contribution < 1.29 is 28.8 Å². The lowest BCUT2D eigenvalue weighted by Gasteiger charge is -2.24. The van der Waals surface area contributed by atoms with Crippen LogP contribution in [-0.2, 0) is 35.2 Å². The number of benzene rings is 1. The summed E-state index contributed by atoms with van der Waals surface area (Å²) in [6, 6.07) is 3.97. The Labute approximate surface area is 204 Å². The summed E-state index contributed by atoms with van der Waals surface area (Å²) in [6.07, 6.45) is -0.631. The third-order valence-electron chi connectivity index (χ3n) is 4.57. The smallest absolute Gasteiger partial charge is 0.243 e. The van der Waals surface area contributed by atoms with E-state index < -0.39 is 54.1 Å². The molecule has 180 valence electrons. The van der Waals surface area contributed by atoms with Gasteiger partial charge in [0, 0.05) is 16.9 Å². The number of hydrogen-bond acceptors (Lipinski definition) is 6. The fourth-order valence-electron chi connectivity index (χ4n) is 2.91. The predicted octanol–water partition coefficient (Wildman–Crippen LogP) is -0.962. The van der Waals surface area contributed by atoms with Crippen LogP contribution in [0.5, 0.6) is 0 Å². The van der Waals surface area contributed by atoms with Crippen molar-refractivity contribution in [1.29, 1.82) is 0 Å². The van der Waals surface area contributed by atoms with Crippen molar-refractivity contribution in [2.24, 2.45) is 11.5 Å². The van der Waals surface area contributed by atoms with Crippen molar-refractivity contribution in [2.45, 2.75) is 57.7 Å². The number of hydrogen-bond donors (Lipinski definition) is 5. The Bertz CT molecular complexity index is 889. The molecule has 0 aromatic heterocycles. The zero-order chi connectivity index (χ0) is 25.1. The standard InChI is InChI=1S/C21H28IN5O6/c1-11(28)16(9-13-3-5-14(22)6-4-13)27-20(32)15(7-8-18(23)30)26-21(33)17(10-19(24)31)25-12(2)29/h3-6,15-17H,7-10H2,1-2H3,(H2,23,30)(H2,24,31)(H,25,29)(H,26,33)(H,27,32). The number of primary amides is 2. The summed E-state index contributed by atoms with van der Waals surface area (Å²) in [5.41, 5.74) is 11.1. The molecule has 0 aliphatic carbocycles. The second-order valence-corrected chi connectivity index (χ2v) is 8.74. The number of rotatable bonds is 13. The van der Waals surface area contributed by atoms with Gasteiger partial charge in [-0.15, -0.1) is 0 Å². The lowest BCUT2D eigenvalue weighted by Crippen LogP contribution is -2.56. The molecule has 0 radical (unpaired) electrons. The van der Waals surface area contributed by atoms with Crippen LogP contribution in [0.15, 0.2) is 24.3 Å². The summed E-state index contributed by atoms with van der Waals surface area (Å²) in [7, 11) is 0. The Balaban J connectivity index is 3.00. The maximum absolute atomic E-state index is 12.9. The van der Waals surface area contributed by atoms with Gasteiger partial charge in [-0.3, -0.25) is 28.8 Å². The Morgan fingerprint density at radius 2 is 1.36 bits per heavy atom. The van der Waals surface area contributed by atoms with Gasteiger partial charge in [0.1, 0.15) is 12.1 Å². The van der Waals surface area contributed by atoms with Gasteiger partial charge < -0.3 is 27.4 Å². The van der Waals surface area contributed by atoms with Gasteiger partial charge in [-0.05, 0) is 60.1 Å². The van der Waals surface area contributed by atoms with Crippen LogP contribution in [0.2, 0.25) is 0 Å². The van der Waals surface area contributed by atoms with Gasteiger partial charge in [0.15, 0.2) is 5.78 Å². The molecular formula is C21H28IN5O6. The number of nitrogens with one attached hydrogen (secondary N) is 3. The molecule has 1 aromatic carbocycles. The molecule has 0 fully saturated rings. The van der Waals surface area contributed by atoms with Crippen molar-refractivity contribution in [3.05, 3.63) is 33.4 Å². The topological polar surface area (TPSA) is 191 Å². The molecule has 1 aromatic rings. The van der Waals surface area contributed by atoms with Gasteiger partial charge in [0.25, 0.3) is 0 Å². The number of amides is 5. The van der Waals surface area contributed by atoms with Crippen molar-refractivity contribution in [2.75, 3.05) is 0 Å².